The van der Waals surface area contributed by atoms with Crippen LogP contribution in [0.3, 0.4) is 0 Å². The molecule has 5 heteroatoms. The van der Waals surface area contributed by atoms with Gasteiger partial charge in [-0.1, -0.05) is 23.7 Å². The molecule has 0 saturated carbocycles. The van der Waals surface area contributed by atoms with Gasteiger partial charge in [0, 0.05) is 28.8 Å². The third-order valence-electron chi connectivity index (χ3n) is 2.84. The predicted molar refractivity (Wildman–Crippen MR) is 80.8 cm³/mol. The molecule has 0 unspecified atom stereocenters. The Hall–Kier alpha value is -2.20. The second-order valence-electron chi connectivity index (χ2n) is 4.27. The average molecular weight is 307 g/mol. The SMILES string of the molecule is COc1cc(OC)cc(OCC(=O)c2cccc(Cl)c2)c1. The predicted octanol–water partition coefficient (Wildman–Crippen LogP) is 3.62. The molecule has 21 heavy (non-hydrogen) atoms. The minimum atomic E-state index is -0.153. The zero-order chi connectivity index (χ0) is 15.2. The van der Waals surface area contributed by atoms with Gasteiger partial charge in [-0.2, -0.15) is 0 Å². The molecule has 0 aliphatic heterocycles. The van der Waals surface area contributed by atoms with Gasteiger partial charge in [0.05, 0.1) is 14.2 Å². The van der Waals surface area contributed by atoms with E-state index in [1.807, 2.05) is 0 Å². The Bertz CT molecular complexity index is 618. The Labute approximate surface area is 128 Å². The zero-order valence-corrected chi connectivity index (χ0v) is 12.5. The van der Waals surface area contributed by atoms with Crippen LogP contribution in [0.15, 0.2) is 42.5 Å². The van der Waals surface area contributed by atoms with Crippen molar-refractivity contribution in [2.24, 2.45) is 0 Å². The van der Waals surface area contributed by atoms with Crippen molar-refractivity contribution in [3.05, 3.63) is 53.1 Å². The van der Waals surface area contributed by atoms with Gasteiger partial charge in [-0.25, -0.2) is 0 Å². The summed E-state index contributed by atoms with van der Waals surface area (Å²) in [6.45, 7) is -0.0866. The maximum absolute atomic E-state index is 12.0. The summed E-state index contributed by atoms with van der Waals surface area (Å²) in [6.07, 6.45) is 0. The topological polar surface area (TPSA) is 44.8 Å². The van der Waals surface area contributed by atoms with E-state index in [1.54, 1.807) is 56.7 Å². The van der Waals surface area contributed by atoms with Crippen molar-refractivity contribution in [3.63, 3.8) is 0 Å². The Balaban J connectivity index is 2.07. The molecule has 0 N–H and O–H groups in total. The standard InChI is InChI=1S/C16H15ClO4/c1-19-13-7-14(20-2)9-15(8-13)21-10-16(18)11-4-3-5-12(17)6-11/h3-9H,10H2,1-2H3. The molecule has 2 aromatic rings. The second-order valence-corrected chi connectivity index (χ2v) is 4.71. The van der Waals surface area contributed by atoms with Crippen molar-refractivity contribution in [1.82, 2.24) is 0 Å². The van der Waals surface area contributed by atoms with Crippen molar-refractivity contribution in [1.29, 1.82) is 0 Å². The summed E-state index contributed by atoms with van der Waals surface area (Å²) in [5.41, 5.74) is 0.511. The van der Waals surface area contributed by atoms with E-state index in [1.165, 1.54) is 0 Å². The van der Waals surface area contributed by atoms with Crippen molar-refractivity contribution < 1.29 is 19.0 Å². The first-order valence-corrected chi connectivity index (χ1v) is 6.65. The molecule has 0 spiro atoms. The summed E-state index contributed by atoms with van der Waals surface area (Å²) >= 11 is 5.86. The van der Waals surface area contributed by atoms with Crippen LogP contribution in [0.5, 0.6) is 17.2 Å². The first-order valence-electron chi connectivity index (χ1n) is 6.27. The third kappa shape index (κ3) is 4.13. The molecule has 0 atom stereocenters. The number of halogens is 1. The van der Waals surface area contributed by atoms with E-state index in [2.05, 4.69) is 0 Å². The largest absolute Gasteiger partial charge is 0.496 e. The van der Waals surface area contributed by atoms with Crippen LogP contribution < -0.4 is 14.2 Å². The molecule has 0 aromatic heterocycles. The van der Waals surface area contributed by atoms with Gasteiger partial charge in [-0.15, -0.1) is 0 Å². The average Bonchev–Trinajstić information content (AvgIpc) is 2.52. The molecular weight excluding hydrogens is 292 g/mol. The van der Waals surface area contributed by atoms with Crippen LogP contribution in [0.2, 0.25) is 5.02 Å². The summed E-state index contributed by atoms with van der Waals surface area (Å²) < 4.78 is 15.8. The van der Waals surface area contributed by atoms with Crippen LogP contribution >= 0.6 is 11.6 Å². The monoisotopic (exact) mass is 306 g/mol. The van der Waals surface area contributed by atoms with E-state index >= 15 is 0 Å². The Kier molecular flexibility index (Phi) is 5.06. The molecular formula is C16H15ClO4. The van der Waals surface area contributed by atoms with Crippen molar-refractivity contribution >= 4 is 17.4 Å². The lowest BCUT2D eigenvalue weighted by Crippen LogP contribution is -2.11. The molecule has 0 bridgehead atoms. The molecule has 0 amide bonds. The van der Waals surface area contributed by atoms with Gasteiger partial charge >= 0.3 is 0 Å². The minimum absolute atomic E-state index is 0.0866. The maximum atomic E-state index is 12.0. The fraction of sp³-hybridized carbons (Fsp3) is 0.188. The molecule has 2 rings (SSSR count). The number of hydrogen-bond acceptors (Lipinski definition) is 4. The lowest BCUT2D eigenvalue weighted by Gasteiger charge is -2.10. The van der Waals surface area contributed by atoms with E-state index in [-0.39, 0.29) is 12.4 Å². The van der Waals surface area contributed by atoms with E-state index in [9.17, 15) is 4.79 Å². The number of carbonyl (C=O) groups is 1. The van der Waals surface area contributed by atoms with E-state index < -0.39 is 0 Å². The number of methoxy groups -OCH3 is 2. The Morgan fingerprint density at radius 1 is 1.00 bits per heavy atom. The molecule has 0 aliphatic rings. The summed E-state index contributed by atoms with van der Waals surface area (Å²) in [5.74, 6) is 1.54. The van der Waals surface area contributed by atoms with Crippen molar-refractivity contribution in [2.45, 2.75) is 0 Å². The van der Waals surface area contributed by atoms with Gasteiger partial charge < -0.3 is 14.2 Å². The first-order chi connectivity index (χ1) is 10.1. The van der Waals surface area contributed by atoms with Crippen LogP contribution in [-0.2, 0) is 0 Å². The zero-order valence-electron chi connectivity index (χ0n) is 11.8. The number of ether oxygens (including phenoxy) is 3. The van der Waals surface area contributed by atoms with Gasteiger partial charge in [0.25, 0.3) is 0 Å². The fourth-order valence-corrected chi connectivity index (χ4v) is 1.95. The molecule has 0 saturated heterocycles. The first kappa shape index (κ1) is 15.2. The fourth-order valence-electron chi connectivity index (χ4n) is 1.76. The molecule has 0 fully saturated rings. The van der Waals surface area contributed by atoms with Crippen molar-refractivity contribution in [3.8, 4) is 17.2 Å². The van der Waals surface area contributed by atoms with Gasteiger partial charge in [0.2, 0.25) is 0 Å². The lowest BCUT2D eigenvalue weighted by atomic mass is 10.1. The highest BCUT2D eigenvalue weighted by molar-refractivity contribution is 6.31. The van der Waals surface area contributed by atoms with E-state index in [4.69, 9.17) is 25.8 Å². The van der Waals surface area contributed by atoms with Gasteiger partial charge in [0.15, 0.2) is 12.4 Å². The molecule has 110 valence electrons. The maximum Gasteiger partial charge on any atom is 0.200 e. The minimum Gasteiger partial charge on any atom is -0.496 e. The van der Waals surface area contributed by atoms with Crippen LogP contribution in [0.25, 0.3) is 0 Å². The number of hydrogen-bond donors (Lipinski definition) is 0. The lowest BCUT2D eigenvalue weighted by molar-refractivity contribution is 0.0921. The summed E-state index contributed by atoms with van der Waals surface area (Å²) in [7, 11) is 3.10. The van der Waals surface area contributed by atoms with Crippen LogP contribution in [0.4, 0.5) is 0 Å². The Morgan fingerprint density at radius 2 is 1.62 bits per heavy atom. The third-order valence-corrected chi connectivity index (χ3v) is 3.08. The Morgan fingerprint density at radius 3 is 2.19 bits per heavy atom. The number of carbonyl (C=O) groups excluding carboxylic acids is 1. The summed E-state index contributed by atoms with van der Waals surface area (Å²) in [6, 6.07) is 11.9. The quantitative estimate of drug-likeness (QED) is 0.765. The molecule has 0 heterocycles. The number of rotatable bonds is 6. The smallest absolute Gasteiger partial charge is 0.200 e. The van der Waals surface area contributed by atoms with Gasteiger partial charge in [-0.05, 0) is 12.1 Å². The van der Waals surface area contributed by atoms with Crippen molar-refractivity contribution in [2.75, 3.05) is 20.8 Å². The summed E-state index contributed by atoms with van der Waals surface area (Å²) in [4.78, 5) is 12.0. The van der Waals surface area contributed by atoms with Crippen LogP contribution in [0, 0.1) is 0 Å². The number of benzene rings is 2. The molecule has 4 nitrogen and oxygen atoms in total. The van der Waals surface area contributed by atoms with E-state index in [0.717, 1.165) is 0 Å². The highest BCUT2D eigenvalue weighted by Gasteiger charge is 2.09. The van der Waals surface area contributed by atoms with Crippen LogP contribution in [-0.4, -0.2) is 26.6 Å². The highest BCUT2D eigenvalue weighted by atomic mass is 35.5. The van der Waals surface area contributed by atoms with Crippen LogP contribution in [0.1, 0.15) is 10.4 Å². The summed E-state index contributed by atoms with van der Waals surface area (Å²) in [5, 5.41) is 0.517. The highest BCUT2D eigenvalue weighted by Crippen LogP contribution is 2.27. The normalized spacial score (nSPS) is 10.0. The molecule has 2 aromatic carbocycles. The molecule has 0 aliphatic carbocycles. The number of Topliss-reactive ketones (excluding diaryl/α,β-unsaturated/α-hetero) is 1. The van der Waals surface area contributed by atoms with E-state index in [0.29, 0.717) is 27.8 Å². The van der Waals surface area contributed by atoms with Gasteiger partial charge in [0.1, 0.15) is 17.2 Å². The van der Waals surface area contributed by atoms with Gasteiger partial charge in [-0.3, -0.25) is 4.79 Å². The second kappa shape index (κ2) is 6.99. The number of ketones is 1. The molecule has 0 radical (unpaired) electrons.